The smallest absolute Gasteiger partial charge is 0.254 e. The average molecular weight is 359 g/mol. The molecule has 140 valence electrons. The molecule has 0 bridgehead atoms. The second kappa shape index (κ2) is 8.99. The van der Waals surface area contributed by atoms with Gasteiger partial charge in [-0.15, -0.1) is 0 Å². The number of ether oxygens (including phenoxy) is 4. The van der Waals surface area contributed by atoms with Gasteiger partial charge in [-0.25, -0.2) is 0 Å². The van der Waals surface area contributed by atoms with Gasteiger partial charge in [0.2, 0.25) is 0 Å². The van der Waals surface area contributed by atoms with Crippen LogP contribution in [0.1, 0.15) is 22.8 Å². The van der Waals surface area contributed by atoms with E-state index in [1.807, 2.05) is 25.1 Å². The highest BCUT2D eigenvalue weighted by atomic mass is 16.5. The quantitative estimate of drug-likeness (QED) is 0.723. The van der Waals surface area contributed by atoms with E-state index in [2.05, 4.69) is 0 Å². The van der Waals surface area contributed by atoms with E-state index >= 15 is 0 Å². The normalized spacial score (nSPS) is 10.2. The lowest BCUT2D eigenvalue weighted by Gasteiger charge is -2.20. The lowest BCUT2D eigenvalue weighted by molar-refractivity contribution is 0.0783. The largest absolute Gasteiger partial charge is 0.493 e. The molecule has 0 aliphatic carbocycles. The molecule has 0 aliphatic rings. The molecule has 6 heteroatoms. The van der Waals surface area contributed by atoms with Crippen LogP contribution in [0.3, 0.4) is 0 Å². The van der Waals surface area contributed by atoms with Crippen LogP contribution in [0.25, 0.3) is 0 Å². The molecule has 0 spiro atoms. The van der Waals surface area contributed by atoms with Crippen LogP contribution in [0.5, 0.6) is 23.0 Å². The summed E-state index contributed by atoms with van der Waals surface area (Å²) >= 11 is 0. The maximum Gasteiger partial charge on any atom is 0.254 e. The van der Waals surface area contributed by atoms with Crippen molar-refractivity contribution >= 4 is 5.91 Å². The minimum atomic E-state index is -0.128. The molecule has 6 nitrogen and oxygen atoms in total. The molecular weight excluding hydrogens is 334 g/mol. The van der Waals surface area contributed by atoms with Crippen LogP contribution in [0.4, 0.5) is 0 Å². The van der Waals surface area contributed by atoms with Crippen molar-refractivity contribution in [3.63, 3.8) is 0 Å². The second-order valence-electron chi connectivity index (χ2n) is 5.61. The van der Waals surface area contributed by atoms with E-state index in [-0.39, 0.29) is 5.91 Å². The molecule has 26 heavy (non-hydrogen) atoms. The number of para-hydroxylation sites is 1. The van der Waals surface area contributed by atoms with Gasteiger partial charge < -0.3 is 23.8 Å². The van der Waals surface area contributed by atoms with Crippen LogP contribution in [-0.2, 0) is 6.54 Å². The zero-order valence-electron chi connectivity index (χ0n) is 15.9. The number of nitrogens with zero attached hydrogens (tertiary/aromatic N) is 1. The van der Waals surface area contributed by atoms with Crippen LogP contribution in [-0.4, -0.2) is 45.8 Å². The van der Waals surface area contributed by atoms with Crippen molar-refractivity contribution in [2.24, 2.45) is 0 Å². The van der Waals surface area contributed by atoms with Gasteiger partial charge in [0.05, 0.1) is 27.9 Å². The Kier molecular flexibility index (Phi) is 6.72. The minimum Gasteiger partial charge on any atom is -0.493 e. The van der Waals surface area contributed by atoms with Gasteiger partial charge in [0.25, 0.3) is 5.91 Å². The third kappa shape index (κ3) is 4.20. The number of amides is 1. The Morgan fingerprint density at radius 1 is 0.962 bits per heavy atom. The monoisotopic (exact) mass is 359 g/mol. The first kappa shape index (κ1) is 19.4. The minimum absolute atomic E-state index is 0.128. The lowest BCUT2D eigenvalue weighted by Crippen LogP contribution is -2.26. The number of hydrogen-bond donors (Lipinski definition) is 0. The standard InChI is InChI=1S/C20H25NO5/c1-6-26-16-11-10-14(12-18(16)24-4)20(22)21(2)13-15-8-7-9-17(23-3)19(15)25-5/h7-12H,6,13H2,1-5H3. The highest BCUT2D eigenvalue weighted by Crippen LogP contribution is 2.32. The van der Waals surface area contributed by atoms with E-state index in [0.29, 0.717) is 41.7 Å². The number of benzene rings is 2. The summed E-state index contributed by atoms with van der Waals surface area (Å²) in [6.07, 6.45) is 0. The van der Waals surface area contributed by atoms with Crippen molar-refractivity contribution in [3.05, 3.63) is 47.5 Å². The molecule has 0 atom stereocenters. The molecule has 2 aromatic rings. The molecule has 0 aliphatic heterocycles. The molecule has 0 radical (unpaired) electrons. The van der Waals surface area contributed by atoms with Gasteiger partial charge in [-0.05, 0) is 31.2 Å². The highest BCUT2D eigenvalue weighted by Gasteiger charge is 2.18. The van der Waals surface area contributed by atoms with Gasteiger partial charge in [0, 0.05) is 24.7 Å². The highest BCUT2D eigenvalue weighted by molar-refractivity contribution is 5.94. The summed E-state index contributed by atoms with van der Waals surface area (Å²) in [6.45, 7) is 2.81. The number of hydrogen-bond acceptors (Lipinski definition) is 5. The topological polar surface area (TPSA) is 57.2 Å². The summed E-state index contributed by atoms with van der Waals surface area (Å²) in [4.78, 5) is 14.4. The lowest BCUT2D eigenvalue weighted by atomic mass is 10.1. The third-order valence-corrected chi connectivity index (χ3v) is 3.95. The maximum atomic E-state index is 12.8. The summed E-state index contributed by atoms with van der Waals surface area (Å²) < 4.78 is 21.6. The first-order valence-electron chi connectivity index (χ1n) is 8.31. The molecule has 0 saturated carbocycles. The Hall–Kier alpha value is -2.89. The molecular formula is C20H25NO5. The van der Waals surface area contributed by atoms with Gasteiger partial charge in [-0.1, -0.05) is 12.1 Å². The van der Waals surface area contributed by atoms with E-state index < -0.39 is 0 Å². The molecule has 0 saturated heterocycles. The van der Waals surface area contributed by atoms with Gasteiger partial charge >= 0.3 is 0 Å². The third-order valence-electron chi connectivity index (χ3n) is 3.95. The Balaban J connectivity index is 2.23. The van der Waals surface area contributed by atoms with Gasteiger partial charge in [-0.2, -0.15) is 0 Å². The summed E-state index contributed by atoms with van der Waals surface area (Å²) in [5, 5.41) is 0. The van der Waals surface area contributed by atoms with Crippen molar-refractivity contribution in [1.29, 1.82) is 0 Å². The van der Waals surface area contributed by atoms with Crippen molar-refractivity contribution in [3.8, 4) is 23.0 Å². The zero-order valence-corrected chi connectivity index (χ0v) is 15.9. The number of carbonyl (C=O) groups excluding carboxylic acids is 1. The molecule has 1 amide bonds. The number of carbonyl (C=O) groups is 1. The van der Waals surface area contributed by atoms with Crippen molar-refractivity contribution in [2.45, 2.75) is 13.5 Å². The summed E-state index contributed by atoms with van der Waals surface area (Å²) in [5.74, 6) is 2.28. The van der Waals surface area contributed by atoms with Crippen LogP contribution in [0, 0.1) is 0 Å². The van der Waals surface area contributed by atoms with Crippen LogP contribution < -0.4 is 18.9 Å². The molecule has 0 N–H and O–H groups in total. The van der Waals surface area contributed by atoms with Gasteiger partial charge in [-0.3, -0.25) is 4.79 Å². The van der Waals surface area contributed by atoms with Crippen molar-refractivity contribution < 1.29 is 23.7 Å². The fraction of sp³-hybridized carbons (Fsp3) is 0.350. The van der Waals surface area contributed by atoms with E-state index in [9.17, 15) is 4.79 Å². The Bertz CT molecular complexity index is 760. The van der Waals surface area contributed by atoms with E-state index in [0.717, 1.165) is 5.56 Å². The average Bonchev–Trinajstić information content (AvgIpc) is 2.67. The first-order valence-corrected chi connectivity index (χ1v) is 8.31. The summed E-state index contributed by atoms with van der Waals surface area (Å²) in [5.41, 5.74) is 1.38. The first-order chi connectivity index (χ1) is 12.5. The fourth-order valence-electron chi connectivity index (χ4n) is 2.70. The Morgan fingerprint density at radius 3 is 2.31 bits per heavy atom. The predicted molar refractivity (Wildman–Crippen MR) is 99.5 cm³/mol. The molecule has 0 heterocycles. The SMILES string of the molecule is CCOc1ccc(C(=O)N(C)Cc2cccc(OC)c2OC)cc1OC. The van der Waals surface area contributed by atoms with Crippen molar-refractivity contribution in [2.75, 3.05) is 35.0 Å². The molecule has 0 aromatic heterocycles. The van der Waals surface area contributed by atoms with Crippen LogP contribution in [0.15, 0.2) is 36.4 Å². The molecule has 0 fully saturated rings. The van der Waals surface area contributed by atoms with E-state index in [4.69, 9.17) is 18.9 Å². The van der Waals surface area contributed by atoms with E-state index in [1.54, 1.807) is 51.5 Å². The van der Waals surface area contributed by atoms with E-state index in [1.165, 1.54) is 0 Å². The molecule has 2 aromatic carbocycles. The predicted octanol–water partition coefficient (Wildman–Crippen LogP) is 3.38. The summed E-state index contributed by atoms with van der Waals surface area (Å²) in [7, 11) is 6.46. The van der Waals surface area contributed by atoms with Gasteiger partial charge in [0.15, 0.2) is 23.0 Å². The Morgan fingerprint density at radius 2 is 1.69 bits per heavy atom. The molecule has 0 unspecified atom stereocenters. The number of rotatable bonds is 8. The van der Waals surface area contributed by atoms with Crippen molar-refractivity contribution in [1.82, 2.24) is 4.90 Å². The summed E-state index contributed by atoms with van der Waals surface area (Å²) in [6, 6.07) is 10.8. The number of methoxy groups -OCH3 is 3. The van der Waals surface area contributed by atoms with Crippen LogP contribution >= 0.6 is 0 Å². The van der Waals surface area contributed by atoms with Crippen LogP contribution in [0.2, 0.25) is 0 Å². The van der Waals surface area contributed by atoms with Gasteiger partial charge in [0.1, 0.15) is 0 Å². The molecule has 2 rings (SSSR count). The second-order valence-corrected chi connectivity index (χ2v) is 5.61. The Labute approximate surface area is 154 Å². The maximum absolute atomic E-state index is 12.8. The fourth-order valence-corrected chi connectivity index (χ4v) is 2.70. The zero-order chi connectivity index (χ0) is 19.1.